The van der Waals surface area contributed by atoms with Crippen LogP contribution in [-0.4, -0.2) is 4.57 Å². The molecule has 0 saturated heterocycles. The van der Waals surface area contributed by atoms with Crippen molar-refractivity contribution in [1.29, 1.82) is 0 Å². The highest BCUT2D eigenvalue weighted by molar-refractivity contribution is 6.15. The molecule has 0 fully saturated rings. The second-order valence-corrected chi connectivity index (χ2v) is 12.6. The maximum atomic E-state index is 2.46. The molecule has 218 valence electrons. The van der Waals surface area contributed by atoms with Gasteiger partial charge in [0, 0.05) is 16.2 Å². The Labute approximate surface area is 272 Å². The minimum atomic E-state index is 1.21. The van der Waals surface area contributed by atoms with E-state index < -0.39 is 0 Å². The Morgan fingerprint density at radius 2 is 0.787 bits per heavy atom. The average molecular weight is 596 g/mol. The van der Waals surface area contributed by atoms with Gasteiger partial charge in [-0.25, -0.2) is 0 Å². The Balaban J connectivity index is 1.14. The molecular formula is C46H29N. The second kappa shape index (κ2) is 10.2. The quantitative estimate of drug-likeness (QED) is 0.179. The summed E-state index contributed by atoms with van der Waals surface area (Å²) in [6, 6.07) is 64.6. The highest BCUT2D eigenvalue weighted by Gasteiger charge is 2.16. The summed E-state index contributed by atoms with van der Waals surface area (Å²) < 4.78 is 2.46. The summed E-state index contributed by atoms with van der Waals surface area (Å²) in [4.78, 5) is 0. The van der Waals surface area contributed by atoms with E-state index in [1.54, 1.807) is 0 Å². The molecule has 0 bridgehead atoms. The number of rotatable bonds is 3. The fourth-order valence-electron chi connectivity index (χ4n) is 7.70. The summed E-state index contributed by atoms with van der Waals surface area (Å²) in [5.41, 5.74) is 8.54. The first-order valence-corrected chi connectivity index (χ1v) is 16.3. The van der Waals surface area contributed by atoms with Gasteiger partial charge in [-0.3, -0.25) is 0 Å². The predicted octanol–water partition coefficient (Wildman–Crippen LogP) is 12.7. The Kier molecular flexibility index (Phi) is 5.64. The molecule has 0 aliphatic heterocycles. The van der Waals surface area contributed by atoms with E-state index in [9.17, 15) is 0 Å². The van der Waals surface area contributed by atoms with Crippen LogP contribution in [0.1, 0.15) is 0 Å². The van der Waals surface area contributed by atoms with Crippen molar-refractivity contribution < 1.29 is 0 Å². The van der Waals surface area contributed by atoms with Crippen LogP contribution >= 0.6 is 0 Å². The molecule has 1 heteroatoms. The Morgan fingerprint density at radius 1 is 0.255 bits per heavy atom. The molecule has 0 N–H and O–H groups in total. The van der Waals surface area contributed by atoms with Gasteiger partial charge in [0.05, 0.1) is 16.7 Å². The molecule has 0 atom stereocenters. The van der Waals surface area contributed by atoms with Crippen molar-refractivity contribution in [3.63, 3.8) is 0 Å². The molecule has 10 rings (SSSR count). The van der Waals surface area contributed by atoms with E-state index in [2.05, 4.69) is 180 Å². The maximum absolute atomic E-state index is 2.46. The Bertz CT molecular complexity index is 2850. The van der Waals surface area contributed by atoms with Gasteiger partial charge in [-0.1, -0.05) is 140 Å². The Morgan fingerprint density at radius 3 is 1.62 bits per heavy atom. The monoisotopic (exact) mass is 595 g/mol. The number of hydrogen-bond acceptors (Lipinski definition) is 0. The molecule has 10 aromatic rings. The van der Waals surface area contributed by atoms with Crippen molar-refractivity contribution in [1.82, 2.24) is 4.57 Å². The standard InChI is InChI=1S/C46H29N/c1-3-14-37-30(10-1)20-21-36-27-33(22-24-39(36)37)31-12-9-13-32(26-31)34-23-25-45-43(28-34)42-18-7-8-19-44(42)47(45)46-29-35-11-2-4-15-38(35)40-16-5-6-17-41(40)46/h1-29H. The summed E-state index contributed by atoms with van der Waals surface area (Å²) in [7, 11) is 0. The third-order valence-corrected chi connectivity index (χ3v) is 9.93. The zero-order valence-corrected chi connectivity index (χ0v) is 25.7. The zero-order valence-electron chi connectivity index (χ0n) is 25.7. The first-order chi connectivity index (χ1) is 23.3. The summed E-state index contributed by atoms with van der Waals surface area (Å²) >= 11 is 0. The van der Waals surface area contributed by atoms with Crippen LogP contribution in [0.4, 0.5) is 0 Å². The predicted molar refractivity (Wildman–Crippen MR) is 202 cm³/mol. The van der Waals surface area contributed by atoms with Crippen molar-refractivity contribution >= 4 is 64.9 Å². The van der Waals surface area contributed by atoms with Crippen LogP contribution in [0.5, 0.6) is 0 Å². The van der Waals surface area contributed by atoms with Crippen molar-refractivity contribution in [3.8, 4) is 27.9 Å². The number of para-hydroxylation sites is 1. The van der Waals surface area contributed by atoms with Crippen LogP contribution in [0.15, 0.2) is 176 Å². The van der Waals surface area contributed by atoms with Crippen molar-refractivity contribution in [3.05, 3.63) is 176 Å². The van der Waals surface area contributed by atoms with Crippen LogP contribution in [-0.2, 0) is 0 Å². The lowest BCUT2D eigenvalue weighted by Crippen LogP contribution is -1.96. The van der Waals surface area contributed by atoms with Crippen LogP contribution in [0.25, 0.3) is 92.8 Å². The van der Waals surface area contributed by atoms with Crippen LogP contribution in [0, 0.1) is 0 Å². The maximum Gasteiger partial charge on any atom is 0.0546 e. The molecule has 1 aromatic heterocycles. The van der Waals surface area contributed by atoms with Crippen molar-refractivity contribution in [2.75, 3.05) is 0 Å². The van der Waals surface area contributed by atoms with Gasteiger partial charge in [-0.05, 0) is 96.4 Å². The fourth-order valence-corrected chi connectivity index (χ4v) is 7.70. The van der Waals surface area contributed by atoms with Crippen molar-refractivity contribution in [2.24, 2.45) is 0 Å². The highest BCUT2D eigenvalue weighted by atomic mass is 15.0. The fraction of sp³-hybridized carbons (Fsp3) is 0. The van der Waals surface area contributed by atoms with Gasteiger partial charge in [0.25, 0.3) is 0 Å². The smallest absolute Gasteiger partial charge is 0.0546 e. The van der Waals surface area contributed by atoms with E-state index >= 15 is 0 Å². The molecule has 1 nitrogen and oxygen atoms in total. The molecule has 0 spiro atoms. The topological polar surface area (TPSA) is 4.93 Å². The van der Waals surface area contributed by atoms with Gasteiger partial charge in [0.15, 0.2) is 0 Å². The van der Waals surface area contributed by atoms with Gasteiger partial charge in [-0.2, -0.15) is 0 Å². The molecule has 0 aliphatic carbocycles. The van der Waals surface area contributed by atoms with Crippen LogP contribution in [0.3, 0.4) is 0 Å². The largest absolute Gasteiger partial charge is 0.309 e. The van der Waals surface area contributed by atoms with Crippen molar-refractivity contribution in [2.45, 2.75) is 0 Å². The third kappa shape index (κ3) is 4.03. The first kappa shape index (κ1) is 26.1. The average Bonchev–Trinajstić information content (AvgIpc) is 3.48. The minimum Gasteiger partial charge on any atom is -0.309 e. The zero-order chi connectivity index (χ0) is 30.9. The number of fused-ring (bicyclic) bond motifs is 9. The number of hydrogen-bond donors (Lipinski definition) is 0. The SMILES string of the molecule is c1cc(-c2ccc3c(ccc4ccccc43)c2)cc(-c2ccc3c(c2)c2ccccc2n3-c2cc3ccccc3c3ccccc23)c1. The lowest BCUT2D eigenvalue weighted by molar-refractivity contribution is 1.20. The highest BCUT2D eigenvalue weighted by Crippen LogP contribution is 2.39. The summed E-state index contributed by atoms with van der Waals surface area (Å²) in [6.07, 6.45) is 0. The van der Waals surface area contributed by atoms with Crippen LogP contribution in [0.2, 0.25) is 0 Å². The molecular weight excluding hydrogens is 567 g/mol. The summed E-state index contributed by atoms with van der Waals surface area (Å²) in [5, 5.41) is 12.7. The van der Waals surface area contributed by atoms with Gasteiger partial charge < -0.3 is 4.57 Å². The third-order valence-electron chi connectivity index (χ3n) is 9.93. The normalized spacial score (nSPS) is 11.8. The lowest BCUT2D eigenvalue weighted by Gasteiger charge is -2.14. The van der Waals surface area contributed by atoms with E-state index in [1.807, 2.05) is 0 Å². The lowest BCUT2D eigenvalue weighted by atomic mass is 9.95. The second-order valence-electron chi connectivity index (χ2n) is 12.6. The molecule has 0 aliphatic rings. The van der Waals surface area contributed by atoms with E-state index in [0.29, 0.717) is 0 Å². The number of nitrogens with zero attached hydrogens (tertiary/aromatic N) is 1. The van der Waals surface area contributed by atoms with Gasteiger partial charge in [-0.15, -0.1) is 0 Å². The van der Waals surface area contributed by atoms with Gasteiger partial charge >= 0.3 is 0 Å². The number of benzene rings is 9. The van der Waals surface area contributed by atoms with E-state index in [-0.39, 0.29) is 0 Å². The molecule has 1 heterocycles. The molecule has 0 radical (unpaired) electrons. The van der Waals surface area contributed by atoms with Gasteiger partial charge in [0.2, 0.25) is 0 Å². The van der Waals surface area contributed by atoms with E-state index in [4.69, 9.17) is 0 Å². The number of aromatic nitrogens is 1. The van der Waals surface area contributed by atoms with Crippen LogP contribution < -0.4 is 0 Å². The summed E-state index contributed by atoms with van der Waals surface area (Å²) in [5.74, 6) is 0. The molecule has 0 unspecified atom stereocenters. The summed E-state index contributed by atoms with van der Waals surface area (Å²) in [6.45, 7) is 0. The molecule has 47 heavy (non-hydrogen) atoms. The Hall–Kier alpha value is -6.18. The van der Waals surface area contributed by atoms with E-state index in [0.717, 1.165) is 0 Å². The first-order valence-electron chi connectivity index (χ1n) is 16.3. The van der Waals surface area contributed by atoms with Gasteiger partial charge in [0.1, 0.15) is 0 Å². The minimum absolute atomic E-state index is 1.21. The molecule has 0 amide bonds. The molecule has 9 aromatic carbocycles. The molecule has 0 saturated carbocycles. The van der Waals surface area contributed by atoms with E-state index in [1.165, 1.54) is 92.8 Å².